The average Bonchev–Trinajstić information content (AvgIpc) is 2.37. The summed E-state index contributed by atoms with van der Waals surface area (Å²) in [5.74, 6) is -0.499. The number of nitrogens with one attached hydrogen (secondary N) is 2. The van der Waals surface area contributed by atoms with Crippen molar-refractivity contribution in [3.63, 3.8) is 0 Å². The number of aliphatic hydroxyl groups is 1. The van der Waals surface area contributed by atoms with Crippen molar-refractivity contribution >= 4 is 23.2 Å². The van der Waals surface area contributed by atoms with Gasteiger partial charge in [0.05, 0.1) is 6.61 Å². The first-order chi connectivity index (χ1) is 9.92. The molecule has 3 N–H and O–H groups in total. The molecule has 0 aliphatic rings. The van der Waals surface area contributed by atoms with E-state index in [4.69, 9.17) is 16.7 Å². The van der Waals surface area contributed by atoms with Crippen LogP contribution in [0.2, 0.25) is 5.02 Å². The Balaban J connectivity index is 2.31. The van der Waals surface area contributed by atoms with Gasteiger partial charge in [0.15, 0.2) is 0 Å². The van der Waals surface area contributed by atoms with Crippen LogP contribution in [0.5, 0.6) is 0 Å². The second kappa shape index (κ2) is 6.11. The zero-order chi connectivity index (χ0) is 15.6. The number of aromatic nitrogens is 1. The summed E-state index contributed by atoms with van der Waals surface area (Å²) in [7, 11) is 0. The van der Waals surface area contributed by atoms with Crippen LogP contribution in [0.25, 0.3) is 0 Å². The Hall–Kier alpha value is -2.11. The highest BCUT2D eigenvalue weighted by Crippen LogP contribution is 2.21. The molecule has 110 valence electrons. The van der Waals surface area contributed by atoms with Crippen LogP contribution < -0.4 is 10.9 Å². The van der Waals surface area contributed by atoms with Crippen LogP contribution >= 0.6 is 11.6 Å². The van der Waals surface area contributed by atoms with Gasteiger partial charge >= 0.3 is 0 Å². The molecule has 0 bridgehead atoms. The molecular weight excluding hydrogens is 292 g/mol. The third-order valence-corrected chi connectivity index (χ3v) is 3.43. The van der Waals surface area contributed by atoms with Crippen molar-refractivity contribution < 1.29 is 9.90 Å². The van der Waals surface area contributed by atoms with Gasteiger partial charge in [-0.2, -0.15) is 0 Å². The minimum absolute atomic E-state index is 0.0722. The number of anilines is 1. The second-order valence-corrected chi connectivity index (χ2v) is 5.17. The number of carbonyl (C=O) groups excluding carboxylic acids is 1. The molecule has 0 aliphatic heterocycles. The molecule has 0 radical (unpaired) electrons. The van der Waals surface area contributed by atoms with Gasteiger partial charge in [-0.3, -0.25) is 9.59 Å². The number of aromatic amines is 1. The highest BCUT2D eigenvalue weighted by atomic mass is 35.5. The Morgan fingerprint density at radius 2 is 2.05 bits per heavy atom. The Morgan fingerprint density at radius 3 is 2.62 bits per heavy atom. The zero-order valence-corrected chi connectivity index (χ0v) is 12.4. The summed E-state index contributed by atoms with van der Waals surface area (Å²) in [6, 6.07) is 6.50. The van der Waals surface area contributed by atoms with Gasteiger partial charge in [0.25, 0.3) is 11.5 Å². The number of rotatable bonds is 3. The number of hydrogen-bond donors (Lipinski definition) is 3. The predicted molar refractivity (Wildman–Crippen MR) is 81.9 cm³/mol. The molecular formula is C15H15ClN2O3. The predicted octanol–water partition coefficient (Wildman–Crippen LogP) is 2.39. The molecule has 5 nitrogen and oxygen atoms in total. The average molecular weight is 307 g/mol. The van der Waals surface area contributed by atoms with Crippen molar-refractivity contribution in [3.05, 3.63) is 62.0 Å². The van der Waals surface area contributed by atoms with Crippen molar-refractivity contribution in [2.75, 3.05) is 5.32 Å². The molecule has 21 heavy (non-hydrogen) atoms. The van der Waals surface area contributed by atoms with Crippen molar-refractivity contribution in [1.82, 2.24) is 4.98 Å². The van der Waals surface area contributed by atoms with Gasteiger partial charge in [-0.1, -0.05) is 17.7 Å². The van der Waals surface area contributed by atoms with E-state index in [0.717, 1.165) is 0 Å². The standard InChI is InChI=1S/C15H15ClN2O3/c1-8-5-9(2)17-14(20)13(8)15(21)18-11-4-3-10(7-19)12(16)6-11/h3-6,19H,7H2,1-2H3,(H,17,20)(H,18,21). The molecule has 0 spiro atoms. The van der Waals surface area contributed by atoms with Crippen LogP contribution in [0.4, 0.5) is 5.69 Å². The largest absolute Gasteiger partial charge is 0.392 e. The lowest BCUT2D eigenvalue weighted by molar-refractivity contribution is 0.102. The lowest BCUT2D eigenvalue weighted by Gasteiger charge is -2.09. The SMILES string of the molecule is Cc1cc(C)c(C(=O)Nc2ccc(CO)c(Cl)c2)c(=O)[nH]1. The third-order valence-electron chi connectivity index (χ3n) is 3.07. The third kappa shape index (κ3) is 3.32. The molecule has 0 atom stereocenters. The number of halogens is 1. The quantitative estimate of drug-likeness (QED) is 0.814. The molecule has 1 amide bonds. The number of carbonyl (C=O) groups is 1. The van der Waals surface area contributed by atoms with Gasteiger partial charge in [-0.25, -0.2) is 0 Å². The molecule has 1 aromatic carbocycles. The lowest BCUT2D eigenvalue weighted by Crippen LogP contribution is -2.25. The van der Waals surface area contributed by atoms with E-state index in [1.165, 1.54) is 6.07 Å². The van der Waals surface area contributed by atoms with Crippen molar-refractivity contribution in [2.24, 2.45) is 0 Å². The van der Waals surface area contributed by atoms with E-state index in [1.807, 2.05) is 0 Å². The summed E-state index contributed by atoms with van der Waals surface area (Å²) in [5.41, 5.74) is 1.97. The van der Waals surface area contributed by atoms with Gasteiger partial charge in [0, 0.05) is 16.4 Å². The second-order valence-electron chi connectivity index (χ2n) is 4.76. The number of pyridine rings is 1. The Kier molecular flexibility index (Phi) is 4.45. The van der Waals surface area contributed by atoms with Crippen molar-refractivity contribution in [3.8, 4) is 0 Å². The van der Waals surface area contributed by atoms with Crippen LogP contribution in [0.15, 0.2) is 29.1 Å². The fourth-order valence-electron chi connectivity index (χ4n) is 2.08. The molecule has 0 fully saturated rings. The fourth-order valence-corrected chi connectivity index (χ4v) is 2.32. The van der Waals surface area contributed by atoms with Crippen LogP contribution in [0.3, 0.4) is 0 Å². The molecule has 0 aliphatic carbocycles. The van der Waals surface area contributed by atoms with Gasteiger partial charge in [0.2, 0.25) is 0 Å². The maximum atomic E-state index is 12.2. The van der Waals surface area contributed by atoms with E-state index in [-0.39, 0.29) is 12.2 Å². The number of hydrogen-bond acceptors (Lipinski definition) is 3. The molecule has 2 aromatic rings. The van der Waals surface area contributed by atoms with E-state index in [9.17, 15) is 9.59 Å². The van der Waals surface area contributed by atoms with E-state index in [0.29, 0.717) is 27.5 Å². The first-order valence-corrected chi connectivity index (χ1v) is 6.71. The molecule has 0 saturated heterocycles. The highest BCUT2D eigenvalue weighted by molar-refractivity contribution is 6.31. The van der Waals surface area contributed by atoms with E-state index < -0.39 is 11.5 Å². The molecule has 1 heterocycles. The summed E-state index contributed by atoms with van der Waals surface area (Å²) in [6.07, 6.45) is 0. The summed E-state index contributed by atoms with van der Waals surface area (Å²) < 4.78 is 0. The first kappa shape index (κ1) is 15.3. The lowest BCUT2D eigenvalue weighted by atomic mass is 10.1. The Bertz CT molecular complexity index is 753. The molecule has 1 aromatic heterocycles. The van der Waals surface area contributed by atoms with Gasteiger partial charge < -0.3 is 15.4 Å². The topological polar surface area (TPSA) is 82.2 Å². The summed E-state index contributed by atoms with van der Waals surface area (Å²) in [6.45, 7) is 3.28. The number of aryl methyl sites for hydroxylation is 2. The highest BCUT2D eigenvalue weighted by Gasteiger charge is 2.15. The zero-order valence-electron chi connectivity index (χ0n) is 11.7. The first-order valence-electron chi connectivity index (χ1n) is 6.33. The fraction of sp³-hybridized carbons (Fsp3) is 0.200. The van der Waals surface area contributed by atoms with E-state index in [1.54, 1.807) is 32.0 Å². The van der Waals surface area contributed by atoms with Crippen molar-refractivity contribution in [2.45, 2.75) is 20.5 Å². The Morgan fingerprint density at radius 1 is 1.33 bits per heavy atom. The van der Waals surface area contributed by atoms with E-state index in [2.05, 4.69) is 10.3 Å². The van der Waals surface area contributed by atoms with Gasteiger partial charge in [-0.15, -0.1) is 0 Å². The minimum atomic E-state index is -0.499. The van der Waals surface area contributed by atoms with Crippen LogP contribution in [-0.2, 0) is 6.61 Å². The van der Waals surface area contributed by atoms with Crippen LogP contribution in [0, 0.1) is 13.8 Å². The molecule has 6 heteroatoms. The number of amides is 1. The maximum Gasteiger partial charge on any atom is 0.261 e. The van der Waals surface area contributed by atoms with Crippen LogP contribution in [-0.4, -0.2) is 16.0 Å². The van der Waals surface area contributed by atoms with E-state index >= 15 is 0 Å². The van der Waals surface area contributed by atoms with Crippen LogP contribution in [0.1, 0.15) is 27.2 Å². The monoisotopic (exact) mass is 306 g/mol. The summed E-state index contributed by atoms with van der Waals surface area (Å²) >= 11 is 5.96. The van der Waals surface area contributed by atoms with Gasteiger partial charge in [0.1, 0.15) is 5.56 Å². The molecule has 2 rings (SSSR count). The molecule has 0 saturated carbocycles. The summed E-state index contributed by atoms with van der Waals surface area (Å²) in [4.78, 5) is 26.7. The normalized spacial score (nSPS) is 10.5. The Labute approximate surface area is 126 Å². The number of H-pyrrole nitrogens is 1. The minimum Gasteiger partial charge on any atom is -0.392 e. The maximum absolute atomic E-state index is 12.2. The molecule has 0 unspecified atom stereocenters. The van der Waals surface area contributed by atoms with Crippen molar-refractivity contribution in [1.29, 1.82) is 0 Å². The number of benzene rings is 1. The number of aliphatic hydroxyl groups excluding tert-OH is 1. The van der Waals surface area contributed by atoms with Gasteiger partial charge in [-0.05, 0) is 43.2 Å². The smallest absolute Gasteiger partial charge is 0.261 e. The summed E-state index contributed by atoms with van der Waals surface area (Å²) in [5, 5.41) is 12.0.